The van der Waals surface area contributed by atoms with E-state index in [0.29, 0.717) is 6.61 Å². The maximum absolute atomic E-state index is 12.8. The van der Waals surface area contributed by atoms with Crippen molar-refractivity contribution in [2.45, 2.75) is 32.9 Å². The Bertz CT molecular complexity index is 1100. The van der Waals surface area contributed by atoms with Gasteiger partial charge in [-0.15, -0.1) is 0 Å². The first-order valence-electron chi connectivity index (χ1n) is 10.5. The average molecular weight is 428 g/mol. The molecule has 6 heteroatoms. The lowest BCUT2D eigenvalue weighted by Crippen LogP contribution is -2.30. The van der Waals surface area contributed by atoms with Crippen LogP contribution in [0.1, 0.15) is 39.7 Å². The van der Waals surface area contributed by atoms with Crippen LogP contribution in [0.15, 0.2) is 83.6 Å². The van der Waals surface area contributed by atoms with Gasteiger partial charge in [-0.2, -0.15) is 0 Å². The van der Waals surface area contributed by atoms with Crippen molar-refractivity contribution < 1.29 is 14.1 Å². The van der Waals surface area contributed by atoms with E-state index in [1.54, 1.807) is 12.4 Å². The van der Waals surface area contributed by atoms with E-state index in [4.69, 9.17) is 9.26 Å². The van der Waals surface area contributed by atoms with Gasteiger partial charge in [0.25, 0.3) is 0 Å². The van der Waals surface area contributed by atoms with Gasteiger partial charge in [0.2, 0.25) is 5.91 Å². The number of amides is 1. The molecule has 1 unspecified atom stereocenters. The van der Waals surface area contributed by atoms with Crippen LogP contribution >= 0.6 is 0 Å². The van der Waals surface area contributed by atoms with Crippen molar-refractivity contribution in [1.29, 1.82) is 0 Å². The number of nitrogens with one attached hydrogen (secondary N) is 1. The summed E-state index contributed by atoms with van der Waals surface area (Å²) in [6.45, 7) is 4.16. The van der Waals surface area contributed by atoms with Crippen molar-refractivity contribution in [3.63, 3.8) is 0 Å². The highest BCUT2D eigenvalue weighted by Gasteiger charge is 2.17. The first kappa shape index (κ1) is 21.3. The molecule has 0 saturated carbocycles. The molecule has 0 spiro atoms. The normalized spacial score (nSPS) is 11.7. The molecule has 4 aromatic rings. The number of rotatable bonds is 8. The smallest absolute Gasteiger partial charge is 0.225 e. The SMILES string of the molecule is Cc1noc(C)c1COc1ccc(CC(=O)NC(c2ccccc2)c2ccncc2)cc1. The number of hydrogen-bond donors (Lipinski definition) is 1. The highest BCUT2D eigenvalue weighted by atomic mass is 16.5. The second-order valence-corrected chi connectivity index (χ2v) is 7.60. The molecule has 2 aromatic carbocycles. The fraction of sp³-hybridized carbons (Fsp3) is 0.192. The quantitative estimate of drug-likeness (QED) is 0.441. The number of nitrogens with zero attached hydrogens (tertiary/aromatic N) is 2. The molecule has 1 amide bonds. The van der Waals surface area contributed by atoms with Crippen molar-refractivity contribution in [3.05, 3.63) is 113 Å². The summed E-state index contributed by atoms with van der Waals surface area (Å²) in [5, 5.41) is 7.09. The molecule has 0 aliphatic rings. The van der Waals surface area contributed by atoms with E-state index >= 15 is 0 Å². The van der Waals surface area contributed by atoms with E-state index in [9.17, 15) is 4.79 Å². The topological polar surface area (TPSA) is 77.2 Å². The van der Waals surface area contributed by atoms with Crippen LogP contribution in [0.4, 0.5) is 0 Å². The molecule has 0 aliphatic carbocycles. The molecule has 2 heterocycles. The van der Waals surface area contributed by atoms with Crippen molar-refractivity contribution in [1.82, 2.24) is 15.5 Å². The van der Waals surface area contributed by atoms with Gasteiger partial charge in [-0.3, -0.25) is 9.78 Å². The van der Waals surface area contributed by atoms with Gasteiger partial charge in [-0.05, 0) is 54.8 Å². The Kier molecular flexibility index (Phi) is 6.60. The van der Waals surface area contributed by atoms with E-state index in [0.717, 1.165) is 39.5 Å². The minimum absolute atomic E-state index is 0.0555. The summed E-state index contributed by atoms with van der Waals surface area (Å²) in [5.41, 5.74) is 4.71. The lowest BCUT2D eigenvalue weighted by molar-refractivity contribution is -0.120. The third-order valence-electron chi connectivity index (χ3n) is 5.33. The number of aryl methyl sites for hydroxylation is 2. The molecular formula is C26H25N3O3. The second-order valence-electron chi connectivity index (χ2n) is 7.60. The largest absolute Gasteiger partial charge is 0.489 e. The summed E-state index contributed by atoms with van der Waals surface area (Å²) >= 11 is 0. The zero-order valence-electron chi connectivity index (χ0n) is 18.1. The monoisotopic (exact) mass is 427 g/mol. The molecule has 162 valence electrons. The first-order valence-corrected chi connectivity index (χ1v) is 10.5. The van der Waals surface area contributed by atoms with E-state index in [1.807, 2.05) is 80.6 Å². The van der Waals surface area contributed by atoms with Crippen LogP contribution in [-0.4, -0.2) is 16.0 Å². The number of carbonyl (C=O) groups is 1. The summed E-state index contributed by atoms with van der Waals surface area (Å²) in [6.07, 6.45) is 3.75. The summed E-state index contributed by atoms with van der Waals surface area (Å²) in [6, 6.07) is 21.1. The molecule has 6 nitrogen and oxygen atoms in total. The fourth-order valence-electron chi connectivity index (χ4n) is 3.52. The minimum atomic E-state index is -0.232. The van der Waals surface area contributed by atoms with E-state index in [1.165, 1.54) is 0 Å². The zero-order valence-corrected chi connectivity index (χ0v) is 18.1. The fourth-order valence-corrected chi connectivity index (χ4v) is 3.52. The summed E-state index contributed by atoms with van der Waals surface area (Å²) < 4.78 is 11.0. The van der Waals surface area contributed by atoms with E-state index in [2.05, 4.69) is 15.5 Å². The van der Waals surface area contributed by atoms with E-state index in [-0.39, 0.29) is 18.4 Å². The third-order valence-corrected chi connectivity index (χ3v) is 5.33. The van der Waals surface area contributed by atoms with Crippen LogP contribution in [0, 0.1) is 13.8 Å². The lowest BCUT2D eigenvalue weighted by Gasteiger charge is -2.20. The van der Waals surface area contributed by atoms with Gasteiger partial charge in [0.05, 0.1) is 23.7 Å². The van der Waals surface area contributed by atoms with Gasteiger partial charge >= 0.3 is 0 Å². The molecule has 1 atom stereocenters. The van der Waals surface area contributed by atoms with Gasteiger partial charge in [-0.25, -0.2) is 0 Å². The summed E-state index contributed by atoms with van der Waals surface area (Å²) in [5.74, 6) is 1.44. The standard InChI is InChI=1S/C26H25N3O3/c1-18-24(19(2)32-29-18)17-31-23-10-8-20(9-11-23)16-25(30)28-26(21-6-4-3-5-7-21)22-12-14-27-15-13-22/h3-15,26H,16-17H2,1-2H3,(H,28,30). The Balaban J connectivity index is 1.39. The number of hydrogen-bond acceptors (Lipinski definition) is 5. The number of aromatic nitrogens is 2. The van der Waals surface area contributed by atoms with Gasteiger partial charge in [-0.1, -0.05) is 47.6 Å². The molecule has 32 heavy (non-hydrogen) atoms. The Morgan fingerprint density at radius 3 is 2.31 bits per heavy atom. The Morgan fingerprint density at radius 2 is 1.66 bits per heavy atom. The Hall–Kier alpha value is -3.93. The number of carbonyl (C=O) groups excluding carboxylic acids is 1. The van der Waals surface area contributed by atoms with Crippen molar-refractivity contribution in [2.24, 2.45) is 0 Å². The van der Waals surface area contributed by atoms with Gasteiger partial charge in [0.15, 0.2) is 0 Å². The van der Waals surface area contributed by atoms with Crippen LogP contribution in [0.25, 0.3) is 0 Å². The number of ether oxygens (including phenoxy) is 1. The molecule has 2 aromatic heterocycles. The van der Waals surface area contributed by atoms with Crippen LogP contribution < -0.4 is 10.1 Å². The summed E-state index contributed by atoms with van der Waals surface area (Å²) in [7, 11) is 0. The first-order chi connectivity index (χ1) is 15.6. The van der Waals surface area contributed by atoms with E-state index < -0.39 is 0 Å². The predicted octanol–water partition coefficient (Wildman–Crippen LogP) is 4.71. The number of pyridine rings is 1. The lowest BCUT2D eigenvalue weighted by atomic mass is 9.99. The Labute approximate surface area is 187 Å². The molecule has 1 N–H and O–H groups in total. The maximum atomic E-state index is 12.8. The molecule has 0 fully saturated rings. The second kappa shape index (κ2) is 9.92. The van der Waals surface area contributed by atoms with Gasteiger partial charge in [0.1, 0.15) is 18.1 Å². The van der Waals surface area contributed by atoms with Crippen molar-refractivity contribution in [3.8, 4) is 5.75 Å². The molecule has 0 radical (unpaired) electrons. The maximum Gasteiger partial charge on any atom is 0.225 e. The highest BCUT2D eigenvalue weighted by molar-refractivity contribution is 5.79. The number of benzene rings is 2. The molecule has 4 rings (SSSR count). The van der Waals surface area contributed by atoms with Gasteiger partial charge in [0, 0.05) is 12.4 Å². The van der Waals surface area contributed by atoms with Crippen molar-refractivity contribution >= 4 is 5.91 Å². The highest BCUT2D eigenvalue weighted by Crippen LogP contribution is 2.22. The predicted molar refractivity (Wildman–Crippen MR) is 121 cm³/mol. The minimum Gasteiger partial charge on any atom is -0.489 e. The van der Waals surface area contributed by atoms with Crippen LogP contribution in [-0.2, 0) is 17.8 Å². The molecule has 0 aliphatic heterocycles. The van der Waals surface area contributed by atoms with Crippen molar-refractivity contribution in [2.75, 3.05) is 0 Å². The molecule has 0 saturated heterocycles. The molecule has 0 bridgehead atoms. The van der Waals surface area contributed by atoms with Crippen LogP contribution in [0.2, 0.25) is 0 Å². The van der Waals surface area contributed by atoms with Crippen LogP contribution in [0.5, 0.6) is 5.75 Å². The zero-order chi connectivity index (χ0) is 22.3. The molecular weight excluding hydrogens is 402 g/mol. The van der Waals surface area contributed by atoms with Gasteiger partial charge < -0.3 is 14.6 Å². The van der Waals surface area contributed by atoms with Crippen LogP contribution in [0.3, 0.4) is 0 Å². The average Bonchev–Trinajstić information content (AvgIpc) is 3.15. The summed E-state index contributed by atoms with van der Waals surface area (Å²) in [4.78, 5) is 16.9. The third kappa shape index (κ3) is 5.21. The Morgan fingerprint density at radius 1 is 0.969 bits per heavy atom.